The first kappa shape index (κ1) is 29.3. The fourth-order valence-corrected chi connectivity index (χ4v) is 5.68. The van der Waals surface area contributed by atoms with Crippen molar-refractivity contribution in [2.24, 2.45) is 0 Å². The van der Waals surface area contributed by atoms with E-state index < -0.39 is 0 Å². The van der Waals surface area contributed by atoms with E-state index in [1.807, 2.05) is 6.07 Å². The van der Waals surface area contributed by atoms with Gasteiger partial charge in [0, 0.05) is 35.4 Å². The number of nitrogens with zero attached hydrogens (tertiary/aromatic N) is 1. The van der Waals surface area contributed by atoms with Crippen molar-refractivity contribution in [3.63, 3.8) is 0 Å². The summed E-state index contributed by atoms with van der Waals surface area (Å²) in [7, 11) is 0. The summed E-state index contributed by atoms with van der Waals surface area (Å²) in [6.45, 7) is 7.83. The van der Waals surface area contributed by atoms with Gasteiger partial charge in [0.15, 0.2) is 0 Å². The van der Waals surface area contributed by atoms with E-state index in [1.165, 1.54) is 107 Å². The lowest BCUT2D eigenvalue weighted by molar-refractivity contribution is 0.306. The summed E-state index contributed by atoms with van der Waals surface area (Å²) in [5.74, 6) is -0.158. The summed E-state index contributed by atoms with van der Waals surface area (Å²) in [6.07, 6.45) is 32.8. The van der Waals surface area contributed by atoms with Gasteiger partial charge in [-0.05, 0) is 88.0 Å². The van der Waals surface area contributed by atoms with Crippen LogP contribution in [-0.2, 0) is 6.42 Å². The maximum absolute atomic E-state index is 13.8. The molecule has 1 aliphatic rings. The maximum atomic E-state index is 13.8. The number of nitrogens with one attached hydrogen (secondary N) is 1. The maximum Gasteiger partial charge on any atom is 0.123 e. The van der Waals surface area contributed by atoms with Crippen LogP contribution < -0.4 is 0 Å². The minimum Gasteiger partial charge on any atom is -0.372 e. The van der Waals surface area contributed by atoms with Crippen LogP contribution in [0.1, 0.15) is 115 Å². The molecular formula is C34H51FN2. The van der Waals surface area contributed by atoms with Gasteiger partial charge in [0.05, 0.1) is 0 Å². The lowest BCUT2D eigenvalue weighted by Crippen LogP contribution is -2.30. The standard InChI is InChI=1S/C34H51FN2/c1-3-4-5-6-7-8-9-10-11-12-13-14-15-16-17-18-19-21-29(2)37-25-20-22-32(37)26-30-28-36-34-24-23-31(35)27-33(30)34/h7-8,10-11,23-24,27-28,32,36H,2-6,9,12-22,25-26H2,1H3/b8-7-,11-10-. The van der Waals surface area contributed by atoms with Gasteiger partial charge in [-0.3, -0.25) is 0 Å². The molecule has 2 aromatic rings. The molecule has 2 heterocycles. The van der Waals surface area contributed by atoms with Crippen molar-refractivity contribution in [1.29, 1.82) is 0 Å². The highest BCUT2D eigenvalue weighted by Gasteiger charge is 2.26. The Morgan fingerprint density at radius 2 is 1.68 bits per heavy atom. The SMILES string of the molecule is C=C(CCCCCCCCC/C=C\C/C=C\CCCCC)N1CCCC1Cc1c[nH]c2ccc(F)cc12. The molecule has 0 radical (unpaired) electrons. The predicted octanol–water partition coefficient (Wildman–Crippen LogP) is 10.4. The van der Waals surface area contributed by atoms with E-state index in [0.29, 0.717) is 6.04 Å². The summed E-state index contributed by atoms with van der Waals surface area (Å²) in [5, 5.41) is 1.03. The normalized spacial score (nSPS) is 16.2. The van der Waals surface area contributed by atoms with E-state index in [9.17, 15) is 4.39 Å². The second-order valence-electron chi connectivity index (χ2n) is 11.0. The van der Waals surface area contributed by atoms with Gasteiger partial charge in [-0.2, -0.15) is 0 Å². The van der Waals surface area contributed by atoms with Crippen molar-refractivity contribution < 1.29 is 4.39 Å². The molecule has 1 aromatic heterocycles. The van der Waals surface area contributed by atoms with Gasteiger partial charge in [-0.15, -0.1) is 0 Å². The molecule has 3 heteroatoms. The molecule has 0 spiro atoms. The van der Waals surface area contributed by atoms with Crippen molar-refractivity contribution in [2.45, 2.75) is 122 Å². The van der Waals surface area contributed by atoms with Crippen LogP contribution in [0.5, 0.6) is 0 Å². The number of benzene rings is 1. The molecule has 1 N–H and O–H groups in total. The summed E-state index contributed by atoms with van der Waals surface area (Å²) < 4.78 is 13.8. The fourth-order valence-electron chi connectivity index (χ4n) is 5.68. The number of fused-ring (bicyclic) bond motifs is 1. The molecule has 1 unspecified atom stereocenters. The lowest BCUT2D eigenvalue weighted by Gasteiger charge is -2.29. The molecule has 204 valence electrons. The molecular weight excluding hydrogens is 455 g/mol. The minimum atomic E-state index is -0.158. The summed E-state index contributed by atoms with van der Waals surface area (Å²) in [6, 6.07) is 5.53. The molecule has 0 bridgehead atoms. The first-order chi connectivity index (χ1) is 18.2. The number of hydrogen-bond acceptors (Lipinski definition) is 1. The number of rotatable bonds is 19. The molecule has 0 amide bonds. The van der Waals surface area contributed by atoms with Gasteiger partial charge in [-0.1, -0.05) is 82.8 Å². The van der Waals surface area contributed by atoms with E-state index in [2.05, 4.69) is 53.9 Å². The Morgan fingerprint density at radius 3 is 2.43 bits per heavy atom. The highest BCUT2D eigenvalue weighted by molar-refractivity contribution is 5.83. The first-order valence-corrected chi connectivity index (χ1v) is 15.2. The zero-order chi connectivity index (χ0) is 26.1. The van der Waals surface area contributed by atoms with Crippen molar-refractivity contribution in [3.8, 4) is 0 Å². The van der Waals surface area contributed by atoms with Crippen molar-refractivity contribution in [1.82, 2.24) is 9.88 Å². The molecule has 1 fully saturated rings. The van der Waals surface area contributed by atoms with Gasteiger partial charge >= 0.3 is 0 Å². The third kappa shape index (κ3) is 10.5. The quantitative estimate of drug-likeness (QED) is 0.148. The molecule has 0 aliphatic carbocycles. The molecule has 1 atom stereocenters. The molecule has 1 saturated heterocycles. The topological polar surface area (TPSA) is 19.0 Å². The second kappa shape index (κ2) is 17.3. The van der Waals surface area contributed by atoms with Gasteiger partial charge in [-0.25, -0.2) is 4.39 Å². The number of allylic oxidation sites excluding steroid dienone is 5. The number of hydrogen-bond donors (Lipinski definition) is 1. The summed E-state index contributed by atoms with van der Waals surface area (Å²) >= 11 is 0. The second-order valence-corrected chi connectivity index (χ2v) is 11.0. The number of unbranched alkanes of at least 4 members (excludes halogenated alkanes) is 10. The molecule has 2 nitrogen and oxygen atoms in total. The third-order valence-corrected chi connectivity index (χ3v) is 7.88. The number of H-pyrrole nitrogens is 1. The summed E-state index contributed by atoms with van der Waals surface area (Å²) in [4.78, 5) is 5.84. The van der Waals surface area contributed by atoms with Gasteiger partial charge in [0.1, 0.15) is 5.82 Å². The van der Waals surface area contributed by atoms with Gasteiger partial charge < -0.3 is 9.88 Å². The van der Waals surface area contributed by atoms with Gasteiger partial charge in [0.2, 0.25) is 0 Å². The van der Waals surface area contributed by atoms with Crippen LogP contribution in [0.15, 0.2) is 61.0 Å². The van der Waals surface area contributed by atoms with E-state index in [0.717, 1.165) is 36.7 Å². The molecule has 37 heavy (non-hydrogen) atoms. The third-order valence-electron chi connectivity index (χ3n) is 7.88. The largest absolute Gasteiger partial charge is 0.372 e. The highest BCUT2D eigenvalue weighted by atomic mass is 19.1. The average molecular weight is 507 g/mol. The van der Waals surface area contributed by atoms with Crippen LogP contribution >= 0.6 is 0 Å². The number of halogens is 1. The van der Waals surface area contributed by atoms with E-state index in [1.54, 1.807) is 6.07 Å². The van der Waals surface area contributed by atoms with Crippen LogP contribution in [0.2, 0.25) is 0 Å². The Labute approximate surface area is 226 Å². The molecule has 1 aliphatic heterocycles. The van der Waals surface area contributed by atoms with Crippen molar-refractivity contribution >= 4 is 10.9 Å². The Morgan fingerprint density at radius 1 is 0.973 bits per heavy atom. The van der Waals surface area contributed by atoms with Crippen LogP contribution in [0, 0.1) is 5.82 Å². The minimum absolute atomic E-state index is 0.158. The monoisotopic (exact) mass is 506 g/mol. The van der Waals surface area contributed by atoms with E-state index >= 15 is 0 Å². The van der Waals surface area contributed by atoms with Crippen LogP contribution in [0.3, 0.4) is 0 Å². The number of likely N-dealkylation sites (tertiary alicyclic amines) is 1. The van der Waals surface area contributed by atoms with Crippen molar-refractivity contribution in [3.05, 3.63) is 72.4 Å². The first-order valence-electron chi connectivity index (χ1n) is 15.2. The Balaban J connectivity index is 1.21. The van der Waals surface area contributed by atoms with E-state index in [4.69, 9.17) is 0 Å². The van der Waals surface area contributed by atoms with E-state index in [-0.39, 0.29) is 5.82 Å². The molecule has 3 rings (SSSR count). The highest BCUT2D eigenvalue weighted by Crippen LogP contribution is 2.29. The average Bonchev–Trinajstić information content (AvgIpc) is 3.53. The van der Waals surface area contributed by atoms with Crippen molar-refractivity contribution in [2.75, 3.05) is 6.54 Å². The van der Waals surface area contributed by atoms with Gasteiger partial charge in [0.25, 0.3) is 0 Å². The Bertz CT molecular complexity index is 969. The van der Waals surface area contributed by atoms with Crippen LogP contribution in [0.25, 0.3) is 10.9 Å². The number of aromatic nitrogens is 1. The summed E-state index contributed by atoms with van der Waals surface area (Å²) in [5.41, 5.74) is 3.55. The number of aromatic amines is 1. The Kier molecular flexibility index (Phi) is 13.7. The Hall–Kier alpha value is -2.29. The molecule has 1 aromatic carbocycles. The zero-order valence-electron chi connectivity index (χ0n) is 23.5. The molecule has 0 saturated carbocycles. The fraction of sp³-hybridized carbons (Fsp3) is 0.588. The van der Waals surface area contributed by atoms with Crippen LogP contribution in [0.4, 0.5) is 4.39 Å². The lowest BCUT2D eigenvalue weighted by atomic mass is 10.0. The smallest absolute Gasteiger partial charge is 0.123 e. The zero-order valence-corrected chi connectivity index (χ0v) is 23.5. The predicted molar refractivity (Wildman–Crippen MR) is 159 cm³/mol. The van der Waals surface area contributed by atoms with Crippen LogP contribution in [-0.4, -0.2) is 22.5 Å².